The lowest BCUT2D eigenvalue weighted by Gasteiger charge is -2.39. The normalized spacial score (nSPS) is 18.4. The van der Waals surface area contributed by atoms with Crippen LogP contribution in [0.15, 0.2) is 48.5 Å². The fourth-order valence-electron chi connectivity index (χ4n) is 4.45. The zero-order chi connectivity index (χ0) is 21.1. The minimum Gasteiger partial charge on any atom is -0.484 e. The van der Waals surface area contributed by atoms with E-state index in [1.165, 1.54) is 5.56 Å². The van der Waals surface area contributed by atoms with Crippen LogP contribution in [-0.4, -0.2) is 47.9 Å². The summed E-state index contributed by atoms with van der Waals surface area (Å²) in [4.78, 5) is 29.2. The molecule has 2 aromatic carbocycles. The Morgan fingerprint density at radius 3 is 2.47 bits per heavy atom. The van der Waals surface area contributed by atoms with E-state index >= 15 is 0 Å². The molecule has 2 amide bonds. The van der Waals surface area contributed by atoms with E-state index in [4.69, 9.17) is 4.74 Å². The minimum absolute atomic E-state index is 0.0430. The Kier molecular flexibility index (Phi) is 6.07. The topological polar surface area (TPSA) is 49.9 Å². The molecule has 1 atom stereocenters. The Morgan fingerprint density at radius 2 is 1.77 bits per heavy atom. The molecule has 0 saturated carbocycles. The summed E-state index contributed by atoms with van der Waals surface area (Å²) in [7, 11) is 0. The van der Waals surface area contributed by atoms with Gasteiger partial charge in [0, 0.05) is 25.6 Å². The smallest absolute Gasteiger partial charge is 0.260 e. The van der Waals surface area contributed by atoms with E-state index in [1.54, 1.807) is 0 Å². The van der Waals surface area contributed by atoms with Crippen LogP contribution in [0.1, 0.15) is 49.4 Å². The van der Waals surface area contributed by atoms with Gasteiger partial charge >= 0.3 is 0 Å². The van der Waals surface area contributed by atoms with Crippen LogP contribution >= 0.6 is 0 Å². The zero-order valence-corrected chi connectivity index (χ0v) is 17.8. The number of hydrogen-bond donors (Lipinski definition) is 0. The summed E-state index contributed by atoms with van der Waals surface area (Å²) >= 11 is 0. The largest absolute Gasteiger partial charge is 0.484 e. The number of hydrogen-bond acceptors (Lipinski definition) is 3. The monoisotopic (exact) mass is 406 g/mol. The van der Waals surface area contributed by atoms with Crippen molar-refractivity contribution in [1.82, 2.24) is 9.80 Å². The van der Waals surface area contributed by atoms with Crippen LogP contribution in [0.4, 0.5) is 0 Å². The average Bonchev–Trinajstić information content (AvgIpc) is 3.31. The fraction of sp³-hybridized carbons (Fsp3) is 0.440. The number of fused-ring (bicyclic) bond motifs is 1. The van der Waals surface area contributed by atoms with Crippen LogP contribution in [0.25, 0.3) is 0 Å². The van der Waals surface area contributed by atoms with Crippen molar-refractivity contribution in [2.45, 2.75) is 39.2 Å². The van der Waals surface area contributed by atoms with Gasteiger partial charge in [-0.15, -0.1) is 0 Å². The molecular formula is C25H30N2O3. The number of nitrogens with zero attached hydrogens (tertiary/aromatic N) is 2. The molecule has 1 unspecified atom stereocenters. The SMILES string of the molecule is CC(C)C(=O)N1CCc2ccc(OCC(=O)N3CCCC3)cc2C1c1ccccc1. The molecule has 1 saturated heterocycles. The van der Waals surface area contributed by atoms with Gasteiger partial charge in [-0.25, -0.2) is 0 Å². The summed E-state index contributed by atoms with van der Waals surface area (Å²) in [5, 5.41) is 0. The van der Waals surface area contributed by atoms with E-state index < -0.39 is 0 Å². The third-order valence-corrected chi connectivity index (χ3v) is 6.06. The van der Waals surface area contributed by atoms with Crippen LogP contribution in [0.2, 0.25) is 0 Å². The summed E-state index contributed by atoms with van der Waals surface area (Å²) < 4.78 is 5.88. The van der Waals surface area contributed by atoms with Gasteiger partial charge in [-0.2, -0.15) is 0 Å². The maximum atomic E-state index is 13.0. The van der Waals surface area contributed by atoms with Gasteiger partial charge in [0.15, 0.2) is 6.61 Å². The number of ether oxygens (including phenoxy) is 1. The molecule has 0 aromatic heterocycles. The van der Waals surface area contributed by atoms with Crippen molar-refractivity contribution in [3.05, 3.63) is 65.2 Å². The molecule has 1 fully saturated rings. The standard InChI is InChI=1S/C25H30N2O3/c1-18(2)25(29)27-15-12-19-10-11-21(30-17-23(28)26-13-6-7-14-26)16-22(19)24(27)20-8-4-3-5-9-20/h3-5,8-11,16,18,24H,6-7,12-15,17H2,1-2H3. The summed E-state index contributed by atoms with van der Waals surface area (Å²) in [6.45, 7) is 6.32. The highest BCUT2D eigenvalue weighted by Crippen LogP contribution is 2.37. The first-order chi connectivity index (χ1) is 14.5. The molecule has 2 aliphatic rings. The van der Waals surface area contributed by atoms with Crippen molar-refractivity contribution in [1.29, 1.82) is 0 Å². The molecule has 0 bridgehead atoms. The first-order valence-corrected chi connectivity index (χ1v) is 10.9. The first kappa shape index (κ1) is 20.5. The van der Waals surface area contributed by atoms with Gasteiger partial charge in [0.25, 0.3) is 5.91 Å². The van der Waals surface area contributed by atoms with Crippen molar-refractivity contribution in [2.24, 2.45) is 5.92 Å². The third-order valence-electron chi connectivity index (χ3n) is 6.06. The number of amides is 2. The molecule has 4 rings (SSSR count). The molecule has 2 aliphatic heterocycles. The lowest BCUT2D eigenvalue weighted by molar-refractivity contribution is -0.136. The van der Waals surface area contributed by atoms with E-state index in [9.17, 15) is 9.59 Å². The molecule has 0 aliphatic carbocycles. The van der Waals surface area contributed by atoms with Crippen molar-refractivity contribution in [3.63, 3.8) is 0 Å². The van der Waals surface area contributed by atoms with Crippen molar-refractivity contribution < 1.29 is 14.3 Å². The summed E-state index contributed by atoms with van der Waals surface area (Å²) in [6, 6.07) is 16.1. The highest BCUT2D eigenvalue weighted by Gasteiger charge is 2.33. The van der Waals surface area contributed by atoms with Gasteiger partial charge in [-0.05, 0) is 48.1 Å². The Morgan fingerprint density at radius 1 is 1.03 bits per heavy atom. The van der Waals surface area contributed by atoms with E-state index in [1.807, 2.05) is 54.0 Å². The molecule has 2 heterocycles. The number of benzene rings is 2. The van der Waals surface area contributed by atoms with Gasteiger partial charge in [0.2, 0.25) is 5.91 Å². The van der Waals surface area contributed by atoms with Crippen LogP contribution in [0, 0.1) is 5.92 Å². The van der Waals surface area contributed by atoms with Gasteiger partial charge in [0.1, 0.15) is 5.75 Å². The highest BCUT2D eigenvalue weighted by molar-refractivity contribution is 5.80. The number of likely N-dealkylation sites (tertiary alicyclic amines) is 1. The van der Waals surface area contributed by atoms with E-state index in [-0.39, 0.29) is 30.4 Å². The Hall–Kier alpha value is -2.82. The van der Waals surface area contributed by atoms with Crippen LogP contribution in [-0.2, 0) is 16.0 Å². The van der Waals surface area contributed by atoms with Gasteiger partial charge < -0.3 is 14.5 Å². The first-order valence-electron chi connectivity index (χ1n) is 10.9. The summed E-state index contributed by atoms with van der Waals surface area (Å²) in [5.74, 6) is 0.822. The predicted molar refractivity (Wildman–Crippen MR) is 116 cm³/mol. The van der Waals surface area contributed by atoms with Crippen LogP contribution in [0.3, 0.4) is 0 Å². The van der Waals surface area contributed by atoms with Crippen molar-refractivity contribution in [2.75, 3.05) is 26.2 Å². The van der Waals surface area contributed by atoms with Crippen molar-refractivity contribution in [3.8, 4) is 5.75 Å². The molecule has 0 radical (unpaired) electrons. The second-order valence-corrected chi connectivity index (χ2v) is 8.49. The third kappa shape index (κ3) is 4.20. The molecule has 5 heteroatoms. The van der Waals surface area contributed by atoms with Crippen LogP contribution in [0.5, 0.6) is 5.75 Å². The Labute approximate surface area is 178 Å². The van der Waals surface area contributed by atoms with E-state index in [2.05, 4.69) is 18.2 Å². The molecule has 0 spiro atoms. The van der Waals surface area contributed by atoms with E-state index in [0.717, 1.165) is 43.5 Å². The lowest BCUT2D eigenvalue weighted by atomic mass is 9.87. The van der Waals surface area contributed by atoms with Crippen molar-refractivity contribution >= 4 is 11.8 Å². The Bertz CT molecular complexity index is 904. The average molecular weight is 407 g/mol. The van der Waals surface area contributed by atoms with Gasteiger partial charge in [0.05, 0.1) is 6.04 Å². The maximum Gasteiger partial charge on any atom is 0.260 e. The molecule has 158 valence electrons. The number of carbonyl (C=O) groups excluding carboxylic acids is 2. The summed E-state index contributed by atoms with van der Waals surface area (Å²) in [6.07, 6.45) is 2.97. The molecule has 0 N–H and O–H groups in total. The Balaban J connectivity index is 1.61. The molecular weight excluding hydrogens is 376 g/mol. The van der Waals surface area contributed by atoms with Gasteiger partial charge in [-0.3, -0.25) is 9.59 Å². The quantitative estimate of drug-likeness (QED) is 0.759. The second kappa shape index (κ2) is 8.90. The molecule has 5 nitrogen and oxygen atoms in total. The lowest BCUT2D eigenvalue weighted by Crippen LogP contribution is -2.42. The molecule has 2 aromatic rings. The number of rotatable bonds is 5. The highest BCUT2D eigenvalue weighted by atomic mass is 16.5. The summed E-state index contributed by atoms with van der Waals surface area (Å²) in [5.41, 5.74) is 3.42. The van der Waals surface area contributed by atoms with Crippen LogP contribution < -0.4 is 4.74 Å². The minimum atomic E-state index is -0.136. The fourth-order valence-corrected chi connectivity index (χ4v) is 4.45. The second-order valence-electron chi connectivity index (χ2n) is 8.49. The zero-order valence-electron chi connectivity index (χ0n) is 17.8. The van der Waals surface area contributed by atoms with Gasteiger partial charge in [-0.1, -0.05) is 50.2 Å². The van der Waals surface area contributed by atoms with E-state index in [0.29, 0.717) is 12.3 Å². The maximum absolute atomic E-state index is 13.0. The molecule has 30 heavy (non-hydrogen) atoms. The predicted octanol–water partition coefficient (Wildman–Crippen LogP) is 3.82. The number of carbonyl (C=O) groups is 2.